The first kappa shape index (κ1) is 15.1. The second-order valence-corrected chi connectivity index (χ2v) is 4.01. The highest BCUT2D eigenvalue weighted by Crippen LogP contribution is 2.19. The van der Waals surface area contributed by atoms with Gasteiger partial charge in [0.1, 0.15) is 0 Å². The molecule has 19 heavy (non-hydrogen) atoms. The monoisotopic (exact) mass is 265 g/mol. The van der Waals surface area contributed by atoms with Crippen LogP contribution in [-0.4, -0.2) is 23.5 Å². The summed E-state index contributed by atoms with van der Waals surface area (Å²) >= 11 is 0. The maximum Gasteiger partial charge on any atom is 0.352 e. The molecule has 0 spiro atoms. The van der Waals surface area contributed by atoms with Gasteiger partial charge >= 0.3 is 11.9 Å². The van der Waals surface area contributed by atoms with E-state index in [0.29, 0.717) is 12.0 Å². The average molecular weight is 265 g/mol. The van der Waals surface area contributed by atoms with E-state index in [9.17, 15) is 9.59 Å². The van der Waals surface area contributed by atoms with Gasteiger partial charge in [-0.05, 0) is 25.5 Å². The smallest absolute Gasteiger partial charge is 0.352 e. The number of ether oxygens (including phenoxy) is 2. The molecule has 1 aromatic rings. The zero-order valence-corrected chi connectivity index (χ0v) is 11.3. The largest absolute Gasteiger partial charge is 0.463 e. The minimum atomic E-state index is -1.01. The molecule has 0 amide bonds. The highest BCUT2D eigenvalue weighted by atomic mass is 16.6. The molecule has 0 saturated heterocycles. The Labute approximate surface area is 112 Å². The Hall–Kier alpha value is -1.91. The van der Waals surface area contributed by atoms with Crippen molar-refractivity contribution in [3.8, 4) is 0 Å². The van der Waals surface area contributed by atoms with Crippen molar-refractivity contribution in [2.45, 2.75) is 39.2 Å². The lowest BCUT2D eigenvalue weighted by atomic mass is 10.1. The van der Waals surface area contributed by atoms with Crippen LogP contribution >= 0.6 is 0 Å². The predicted octanol–water partition coefficient (Wildman–Crippen LogP) is 2.42. The normalized spacial score (nSPS) is 11.7. The summed E-state index contributed by atoms with van der Waals surface area (Å²) in [5, 5.41) is 0. The molecule has 0 aromatic carbocycles. The van der Waals surface area contributed by atoms with Crippen molar-refractivity contribution in [2.24, 2.45) is 0 Å². The molecule has 1 unspecified atom stereocenters. The fraction of sp³-hybridized carbons (Fsp3) is 0.500. The van der Waals surface area contributed by atoms with Crippen molar-refractivity contribution < 1.29 is 19.1 Å². The van der Waals surface area contributed by atoms with Crippen LogP contribution in [0.4, 0.5) is 0 Å². The Bertz CT molecular complexity index is 405. The highest BCUT2D eigenvalue weighted by molar-refractivity contribution is 5.80. The standard InChI is InChI=1S/C14H19NO4/c1-3-5-6-12(16)19-13(14(17)18-4-2)11-7-9-15-10-8-11/h7-10,13H,3-6H2,1-2H3. The number of unbranched alkanes of at least 4 members (excludes halogenated alkanes) is 1. The Kier molecular flexibility index (Phi) is 6.57. The van der Waals surface area contributed by atoms with Gasteiger partial charge in [0.25, 0.3) is 0 Å². The third-order valence-electron chi connectivity index (χ3n) is 2.49. The van der Waals surface area contributed by atoms with E-state index in [1.165, 1.54) is 0 Å². The molecule has 1 rings (SSSR count). The number of carbonyl (C=O) groups excluding carboxylic acids is 2. The van der Waals surface area contributed by atoms with Crippen LogP contribution in [-0.2, 0) is 19.1 Å². The molecule has 1 aromatic heterocycles. The van der Waals surface area contributed by atoms with Crippen LogP contribution in [0.15, 0.2) is 24.5 Å². The minimum Gasteiger partial charge on any atom is -0.463 e. The first-order valence-corrected chi connectivity index (χ1v) is 6.45. The van der Waals surface area contributed by atoms with Crippen LogP contribution in [0, 0.1) is 0 Å². The lowest BCUT2D eigenvalue weighted by Crippen LogP contribution is -2.22. The van der Waals surface area contributed by atoms with Crippen LogP contribution < -0.4 is 0 Å². The quantitative estimate of drug-likeness (QED) is 0.708. The van der Waals surface area contributed by atoms with E-state index >= 15 is 0 Å². The summed E-state index contributed by atoms with van der Waals surface area (Å²) < 4.78 is 10.1. The van der Waals surface area contributed by atoms with Crippen molar-refractivity contribution in [1.29, 1.82) is 0 Å². The zero-order valence-electron chi connectivity index (χ0n) is 11.3. The van der Waals surface area contributed by atoms with Gasteiger partial charge in [-0.15, -0.1) is 0 Å². The van der Waals surface area contributed by atoms with Crippen molar-refractivity contribution in [1.82, 2.24) is 4.98 Å². The number of hydrogen-bond acceptors (Lipinski definition) is 5. The topological polar surface area (TPSA) is 65.5 Å². The number of hydrogen-bond donors (Lipinski definition) is 0. The van der Waals surface area contributed by atoms with Crippen LogP contribution in [0.1, 0.15) is 44.8 Å². The summed E-state index contributed by atoms with van der Waals surface area (Å²) in [4.78, 5) is 27.4. The Morgan fingerprint density at radius 1 is 1.26 bits per heavy atom. The highest BCUT2D eigenvalue weighted by Gasteiger charge is 2.25. The first-order chi connectivity index (χ1) is 9.19. The average Bonchev–Trinajstić information content (AvgIpc) is 2.43. The summed E-state index contributed by atoms with van der Waals surface area (Å²) in [6.45, 7) is 3.94. The number of carbonyl (C=O) groups is 2. The summed E-state index contributed by atoms with van der Waals surface area (Å²) in [7, 11) is 0. The lowest BCUT2D eigenvalue weighted by molar-refractivity contribution is -0.168. The number of aromatic nitrogens is 1. The SMILES string of the molecule is CCCCC(=O)OC(C(=O)OCC)c1ccncc1. The van der Waals surface area contributed by atoms with Crippen LogP contribution in [0.5, 0.6) is 0 Å². The van der Waals surface area contributed by atoms with E-state index in [-0.39, 0.29) is 6.61 Å². The molecule has 0 aliphatic heterocycles. The molecule has 0 radical (unpaired) electrons. The van der Waals surface area contributed by atoms with Gasteiger partial charge in [0.2, 0.25) is 6.10 Å². The molecular weight excluding hydrogens is 246 g/mol. The molecule has 104 valence electrons. The molecule has 0 aliphatic rings. The number of esters is 2. The maximum atomic E-state index is 11.8. The van der Waals surface area contributed by atoms with Crippen molar-refractivity contribution >= 4 is 11.9 Å². The van der Waals surface area contributed by atoms with Crippen molar-refractivity contribution in [2.75, 3.05) is 6.61 Å². The maximum absolute atomic E-state index is 11.8. The van der Waals surface area contributed by atoms with E-state index in [1.54, 1.807) is 31.5 Å². The van der Waals surface area contributed by atoms with Crippen molar-refractivity contribution in [3.63, 3.8) is 0 Å². The van der Waals surface area contributed by atoms with E-state index in [1.807, 2.05) is 6.92 Å². The summed E-state index contributed by atoms with van der Waals surface area (Å²) in [5.74, 6) is -0.949. The number of rotatable bonds is 7. The number of nitrogens with zero attached hydrogens (tertiary/aromatic N) is 1. The second kappa shape index (κ2) is 8.24. The molecule has 1 atom stereocenters. The van der Waals surface area contributed by atoms with Crippen LogP contribution in [0.25, 0.3) is 0 Å². The molecule has 5 nitrogen and oxygen atoms in total. The van der Waals surface area contributed by atoms with Gasteiger partial charge in [-0.1, -0.05) is 13.3 Å². The zero-order chi connectivity index (χ0) is 14.1. The van der Waals surface area contributed by atoms with Gasteiger partial charge in [0.15, 0.2) is 0 Å². The molecule has 5 heteroatoms. The summed E-state index contributed by atoms with van der Waals surface area (Å²) in [6.07, 6.45) is 4.02. The van der Waals surface area contributed by atoms with E-state index in [2.05, 4.69) is 4.98 Å². The van der Waals surface area contributed by atoms with Gasteiger partial charge in [-0.2, -0.15) is 0 Å². The molecule has 0 N–H and O–H groups in total. The molecular formula is C14H19NO4. The number of pyridine rings is 1. The molecule has 0 fully saturated rings. The Balaban J connectivity index is 2.76. The van der Waals surface area contributed by atoms with Gasteiger partial charge in [0.05, 0.1) is 6.61 Å². The van der Waals surface area contributed by atoms with Gasteiger partial charge in [-0.25, -0.2) is 4.79 Å². The van der Waals surface area contributed by atoms with Gasteiger partial charge in [-0.3, -0.25) is 9.78 Å². The second-order valence-electron chi connectivity index (χ2n) is 4.01. The molecule has 0 bridgehead atoms. The third kappa shape index (κ3) is 5.07. The summed E-state index contributed by atoms with van der Waals surface area (Å²) in [6, 6.07) is 3.27. The summed E-state index contributed by atoms with van der Waals surface area (Å²) in [5.41, 5.74) is 0.568. The van der Waals surface area contributed by atoms with Crippen molar-refractivity contribution in [3.05, 3.63) is 30.1 Å². The molecule has 1 heterocycles. The third-order valence-corrected chi connectivity index (χ3v) is 2.49. The van der Waals surface area contributed by atoms with E-state index in [0.717, 1.165) is 12.8 Å². The minimum absolute atomic E-state index is 0.243. The van der Waals surface area contributed by atoms with Gasteiger partial charge < -0.3 is 9.47 Å². The Morgan fingerprint density at radius 3 is 2.53 bits per heavy atom. The van der Waals surface area contributed by atoms with E-state index < -0.39 is 18.0 Å². The lowest BCUT2D eigenvalue weighted by Gasteiger charge is -2.16. The first-order valence-electron chi connectivity index (χ1n) is 6.45. The van der Waals surface area contributed by atoms with Gasteiger partial charge in [0, 0.05) is 24.4 Å². The molecule has 0 saturated carbocycles. The van der Waals surface area contributed by atoms with E-state index in [4.69, 9.17) is 9.47 Å². The fourth-order valence-electron chi connectivity index (χ4n) is 1.52. The fourth-order valence-corrected chi connectivity index (χ4v) is 1.52. The molecule has 0 aliphatic carbocycles. The Morgan fingerprint density at radius 2 is 1.95 bits per heavy atom. The predicted molar refractivity (Wildman–Crippen MR) is 69.2 cm³/mol. The van der Waals surface area contributed by atoms with Crippen LogP contribution in [0.3, 0.4) is 0 Å². The van der Waals surface area contributed by atoms with Crippen LogP contribution in [0.2, 0.25) is 0 Å².